The molecule has 0 atom stereocenters. The Kier molecular flexibility index (Phi) is 65.3. The lowest BCUT2D eigenvalue weighted by Gasteiger charge is -2.37. The number of nitrogens with two attached hydrogens (primary N) is 1. The first kappa shape index (κ1) is 93.7. The summed E-state index contributed by atoms with van der Waals surface area (Å²) in [5.74, 6) is 9.64. The number of hydrogen-bond donors (Lipinski definition) is 1. The van der Waals surface area contributed by atoms with Crippen LogP contribution in [0.25, 0.3) is 6.08 Å². The molecule has 6 rings (SSSR count). The van der Waals surface area contributed by atoms with E-state index in [1.54, 1.807) is 42.3 Å². The maximum Gasteiger partial charge on any atom is 0.373 e. The van der Waals surface area contributed by atoms with Gasteiger partial charge in [-0.3, -0.25) is 0 Å². The second-order valence-electron chi connectivity index (χ2n) is 17.9. The number of rotatable bonds is 11. The third-order valence-electron chi connectivity index (χ3n) is 11.3. The van der Waals surface area contributed by atoms with E-state index in [4.69, 9.17) is 105 Å². The van der Waals surface area contributed by atoms with Gasteiger partial charge in [-0.15, -0.1) is 30.4 Å². The van der Waals surface area contributed by atoms with Gasteiger partial charge in [-0.25, -0.2) is 24.9 Å². The average Bonchev–Trinajstić information content (AvgIpc) is 2.08. The lowest BCUT2D eigenvalue weighted by Crippen LogP contribution is -2.43. The third-order valence-corrected chi connectivity index (χ3v) is 24.6. The molecule has 0 saturated heterocycles. The number of nitrogens with zero attached hydrogens (tertiary/aromatic N) is 6. The van der Waals surface area contributed by atoms with Crippen molar-refractivity contribution in [3.63, 3.8) is 0 Å². The van der Waals surface area contributed by atoms with Gasteiger partial charge in [0.15, 0.2) is 0 Å². The number of anilines is 1. The topological polar surface area (TPSA) is 387 Å². The molecular formula is C60H77BrIN7O18Si2. The molecule has 0 radical (unpaired) electrons. The fraction of sp³-hybridized carbons (Fsp3) is 0.433. The molecule has 6 aromatic heterocycles. The Morgan fingerprint density at radius 1 is 0.483 bits per heavy atom. The summed E-state index contributed by atoms with van der Waals surface area (Å²) < 4.78 is 30.1. The van der Waals surface area contributed by atoms with Crippen molar-refractivity contribution < 1.29 is 84.0 Å². The molecule has 0 saturated carbocycles. The first-order valence-corrected chi connectivity index (χ1v) is 32.7. The summed E-state index contributed by atoms with van der Waals surface area (Å²) in [4.78, 5) is 123. The molecule has 0 aliphatic carbocycles. The van der Waals surface area contributed by atoms with Gasteiger partial charge in [0, 0.05) is 28.7 Å². The number of oxazole rings is 6. The highest BCUT2D eigenvalue weighted by Gasteiger charge is 2.42. The number of hydrogen-bond acceptors (Lipinski definition) is 25. The van der Waals surface area contributed by atoms with Gasteiger partial charge in [0.2, 0.25) is 5.89 Å². The molecule has 0 aliphatic heterocycles. The van der Waals surface area contributed by atoms with Gasteiger partial charge in [-0.2, -0.15) is 62.5 Å². The molecule has 6 aromatic rings. The summed E-state index contributed by atoms with van der Waals surface area (Å²) in [6, 6.07) is 0.252. The summed E-state index contributed by atoms with van der Waals surface area (Å²) in [6.07, 6.45) is 35.1. The maximum atomic E-state index is 8.12. The molecule has 482 valence electrons. The van der Waals surface area contributed by atoms with Crippen molar-refractivity contribution in [2.45, 2.75) is 170 Å². The molecule has 0 bridgehead atoms. The molecule has 29 heteroatoms. The Morgan fingerprint density at radius 2 is 0.820 bits per heavy atom. The average molecular weight is 1450 g/mol. The highest BCUT2D eigenvalue weighted by molar-refractivity contribution is 14.1. The fourth-order valence-electron chi connectivity index (χ4n) is 7.75. The quantitative estimate of drug-likeness (QED) is 0.0715. The lowest BCUT2D eigenvalue weighted by molar-refractivity contribution is -0.193. The van der Waals surface area contributed by atoms with E-state index >= 15 is 0 Å². The maximum absolute atomic E-state index is 8.12. The first-order valence-electron chi connectivity index (χ1n) is 26.2. The van der Waals surface area contributed by atoms with Crippen molar-refractivity contribution >= 4 is 104 Å². The van der Waals surface area contributed by atoms with E-state index in [9.17, 15) is 0 Å². The Hall–Kier alpha value is -9.04. The normalized spacial score (nSPS) is 9.04. The van der Waals surface area contributed by atoms with Crippen LogP contribution in [0.15, 0.2) is 81.5 Å². The minimum Gasteiger partial charge on any atom is -0.445 e. The van der Waals surface area contributed by atoms with Crippen molar-refractivity contribution in [2.24, 2.45) is 0 Å². The van der Waals surface area contributed by atoms with Gasteiger partial charge in [0.1, 0.15) is 53.7 Å². The van der Waals surface area contributed by atoms with Gasteiger partial charge in [-0.05, 0) is 81.7 Å². The van der Waals surface area contributed by atoms with E-state index in [1.165, 1.54) is 18.7 Å². The molecule has 89 heavy (non-hydrogen) atoms. The Morgan fingerprint density at radius 3 is 1.03 bits per heavy atom. The minimum absolute atomic E-state index is 0.250. The summed E-state index contributed by atoms with van der Waals surface area (Å²) in [5.41, 5.74) is 19.8. The first-order chi connectivity index (χ1) is 42.1. The summed E-state index contributed by atoms with van der Waals surface area (Å²) in [5, 5.41) is 0. The standard InChI is InChI=1S/C16H27NOSi.C11H22Si.C7H7NO.C5H4BrNO.C5H6INO.C5H8N2O.C5H3NO.6CO2/c1-8-15-11-18-16(17-15)9-10-19(12(2)3,13(4)5)14(6)7;1-8-12(9(2)3,10(4)5)11(6)7;1-3-6-5-9-7(4-2)8-6;6-2-1-5-7-3-4-8-5;2*1-2-4-3-8-5(6)7-4;1-2-5-6-3-4-7-5;6*2-1-3/h11-14H,8H2,1-7H3;1,9-11H,2-7H3;2,5H,3H2,1H3;1-4H;3H,2H2,1H3;3H,2H2,1H3,(H2,6,7);1,3-4H;;;;;;/b;;;2-1-;;;;;;;;;. The van der Waals surface area contributed by atoms with Crippen LogP contribution in [0.2, 0.25) is 33.2 Å². The third kappa shape index (κ3) is 45.9. The number of aryl methyl sites for hydroxylation is 4. The predicted octanol–water partition coefficient (Wildman–Crippen LogP) is 11.7. The minimum atomic E-state index is -1.67. The van der Waals surface area contributed by atoms with Gasteiger partial charge in [0.25, 0.3) is 27.6 Å². The molecule has 0 amide bonds. The molecule has 6 heterocycles. The number of carbonyl (C=O) groups excluding carboxylic acids is 12. The second-order valence-corrected chi connectivity index (χ2v) is 30.6. The Bertz CT molecular complexity index is 2970. The van der Waals surface area contributed by atoms with Crippen LogP contribution in [0.1, 0.15) is 157 Å². The van der Waals surface area contributed by atoms with Gasteiger partial charge < -0.3 is 32.2 Å². The molecule has 0 aliphatic rings. The van der Waals surface area contributed by atoms with E-state index in [1.807, 2.05) is 43.4 Å². The van der Waals surface area contributed by atoms with Crippen LogP contribution in [0.3, 0.4) is 0 Å². The molecule has 0 spiro atoms. The van der Waals surface area contributed by atoms with E-state index in [0.29, 0.717) is 56.8 Å². The van der Waals surface area contributed by atoms with Crippen LogP contribution in [0.4, 0.5) is 6.01 Å². The molecule has 2 N–H and O–H groups in total. The summed E-state index contributed by atoms with van der Waals surface area (Å²) in [6.45, 7) is 35.7. The monoisotopic (exact) mass is 1450 g/mol. The molecule has 25 nitrogen and oxygen atoms in total. The van der Waals surface area contributed by atoms with Crippen molar-refractivity contribution in [2.75, 3.05) is 5.73 Å². The highest BCUT2D eigenvalue weighted by Crippen LogP contribution is 2.41. The Labute approximate surface area is 543 Å². The van der Waals surface area contributed by atoms with Crippen LogP contribution in [-0.2, 0) is 83.2 Å². The van der Waals surface area contributed by atoms with Gasteiger partial charge >= 0.3 is 36.9 Å². The smallest absolute Gasteiger partial charge is 0.373 e. The van der Waals surface area contributed by atoms with Gasteiger partial charge in [0.05, 0.1) is 35.2 Å². The second kappa shape index (κ2) is 62.0. The number of nitrogen functional groups attached to an aromatic ring is 1. The lowest BCUT2D eigenvalue weighted by atomic mass is 10.4. The van der Waals surface area contributed by atoms with Crippen LogP contribution in [-0.4, -0.2) is 83.0 Å². The van der Waals surface area contributed by atoms with Gasteiger partial charge in [-0.1, -0.05) is 127 Å². The number of terminal acetylenes is 3. The number of halogens is 2. The summed E-state index contributed by atoms with van der Waals surface area (Å²) in [7, 11) is -3.15. The largest absolute Gasteiger partial charge is 0.445 e. The predicted molar refractivity (Wildman–Crippen MR) is 335 cm³/mol. The zero-order valence-electron chi connectivity index (χ0n) is 52.7. The van der Waals surface area contributed by atoms with Crippen LogP contribution in [0, 0.1) is 52.0 Å². The van der Waals surface area contributed by atoms with Crippen LogP contribution < -0.4 is 5.73 Å². The molecule has 0 unspecified atom stereocenters. The van der Waals surface area contributed by atoms with Crippen molar-refractivity contribution in [3.05, 3.63) is 105 Å². The van der Waals surface area contributed by atoms with Crippen molar-refractivity contribution in [1.82, 2.24) is 29.9 Å². The van der Waals surface area contributed by atoms with Crippen molar-refractivity contribution in [1.29, 1.82) is 0 Å². The van der Waals surface area contributed by atoms with Crippen LogP contribution >= 0.6 is 38.5 Å². The number of aromatic nitrogens is 6. The molecule has 0 aromatic carbocycles. The zero-order chi connectivity index (χ0) is 70.4. The molecular weight excluding hydrogens is 1370 g/mol. The van der Waals surface area contributed by atoms with Crippen LogP contribution in [0.5, 0.6) is 0 Å². The van der Waals surface area contributed by atoms with Crippen molar-refractivity contribution in [3.8, 4) is 48.1 Å². The van der Waals surface area contributed by atoms with E-state index in [2.05, 4.69) is 169 Å². The Balaban J connectivity index is -0.000000172. The summed E-state index contributed by atoms with van der Waals surface area (Å²) >= 11 is 5.14. The zero-order valence-corrected chi connectivity index (χ0v) is 58.4. The van der Waals surface area contributed by atoms with E-state index in [0.717, 1.165) is 52.4 Å². The highest BCUT2D eigenvalue weighted by atomic mass is 127. The SMILES string of the molecule is Br/C=C\c1ncco1.C#C[Si](C(C)C)(C(C)C)C(C)C.C#Cc1nc(CC)co1.C#Cc1ncco1.CCc1coc(C#C[Si](C(C)C)(C(C)C)C(C)C)n1.CCc1coc(I)n1.CCc1coc(N)n1.O=C=O.O=C=O.O=C=O.O=C=O.O=C=O.O=C=O. The molecule has 0 fully saturated rings. The fourth-order valence-corrected chi connectivity index (χ4v) is 18.6. The van der Waals surface area contributed by atoms with E-state index < -0.39 is 16.1 Å². The van der Waals surface area contributed by atoms with E-state index in [-0.39, 0.29) is 42.9 Å².